The van der Waals surface area contributed by atoms with Crippen LogP contribution in [0.5, 0.6) is 0 Å². The number of likely N-dealkylation sites (N-methyl/N-ethyl adjacent to an activating group) is 1. The maximum Gasteiger partial charge on any atom is 0.318 e. The number of hydrogen-bond acceptors (Lipinski definition) is 3. The Morgan fingerprint density at radius 1 is 1.53 bits per heavy atom. The van der Waals surface area contributed by atoms with Crippen LogP contribution in [0.4, 0.5) is 0 Å². The molecule has 0 saturated heterocycles. The lowest BCUT2D eigenvalue weighted by Crippen LogP contribution is -2.32. The predicted molar refractivity (Wildman–Crippen MR) is 66.6 cm³/mol. The second-order valence-corrected chi connectivity index (χ2v) is 6.54. The van der Waals surface area contributed by atoms with E-state index in [4.69, 9.17) is 16.7 Å². The van der Waals surface area contributed by atoms with Gasteiger partial charge in [-0.25, -0.2) is 8.42 Å². The van der Waals surface area contributed by atoms with E-state index in [-0.39, 0.29) is 4.90 Å². The molecule has 94 valence electrons. The summed E-state index contributed by atoms with van der Waals surface area (Å²) in [5, 5.41) is 8.94. The lowest BCUT2D eigenvalue weighted by atomic mass is 10.4. The highest BCUT2D eigenvalue weighted by molar-refractivity contribution is 9.10. The van der Waals surface area contributed by atoms with E-state index >= 15 is 0 Å². The molecule has 0 heterocycles. The summed E-state index contributed by atoms with van der Waals surface area (Å²) in [6.45, 7) is -0.595. The first kappa shape index (κ1) is 14.4. The molecule has 0 bridgehead atoms. The molecule has 1 aromatic carbocycles. The van der Waals surface area contributed by atoms with E-state index in [1.54, 1.807) is 0 Å². The molecular weight excluding hydrogens is 334 g/mol. The number of hydrogen-bond donors (Lipinski definition) is 1. The monoisotopic (exact) mass is 341 g/mol. The molecular formula is C9H9BrClNO4S. The van der Waals surface area contributed by atoms with Gasteiger partial charge in [-0.05, 0) is 34.1 Å². The van der Waals surface area contributed by atoms with E-state index in [1.165, 1.54) is 25.2 Å². The molecule has 1 rings (SSSR count). The SMILES string of the molecule is CN(CC(=O)O)S(=O)(=O)c1ccc(Cl)c(Br)c1. The summed E-state index contributed by atoms with van der Waals surface area (Å²) in [5.41, 5.74) is 0. The second-order valence-electron chi connectivity index (χ2n) is 3.23. The molecule has 8 heteroatoms. The van der Waals surface area contributed by atoms with Crippen LogP contribution >= 0.6 is 27.5 Å². The molecule has 5 nitrogen and oxygen atoms in total. The van der Waals surface area contributed by atoms with Gasteiger partial charge in [0.1, 0.15) is 6.54 Å². The summed E-state index contributed by atoms with van der Waals surface area (Å²) in [4.78, 5) is 10.5. The van der Waals surface area contributed by atoms with Crippen LogP contribution in [0.2, 0.25) is 5.02 Å². The van der Waals surface area contributed by atoms with Crippen molar-refractivity contribution in [2.45, 2.75) is 4.90 Å². The maximum absolute atomic E-state index is 11.9. The van der Waals surface area contributed by atoms with Gasteiger partial charge in [-0.15, -0.1) is 0 Å². The Kier molecular flexibility index (Phi) is 4.54. The first-order valence-corrected chi connectivity index (χ1v) is 6.99. The molecule has 0 radical (unpaired) electrons. The van der Waals surface area contributed by atoms with Crippen molar-refractivity contribution >= 4 is 43.5 Å². The Morgan fingerprint density at radius 2 is 2.12 bits per heavy atom. The molecule has 0 aliphatic heterocycles. The Morgan fingerprint density at radius 3 is 2.59 bits per heavy atom. The van der Waals surface area contributed by atoms with Crippen molar-refractivity contribution in [2.75, 3.05) is 13.6 Å². The number of sulfonamides is 1. The summed E-state index contributed by atoms with van der Waals surface area (Å²) >= 11 is 8.85. The minimum Gasteiger partial charge on any atom is -0.480 e. The van der Waals surface area contributed by atoms with Crippen LogP contribution in [0.1, 0.15) is 0 Å². The summed E-state index contributed by atoms with van der Waals surface area (Å²) in [6, 6.07) is 4.07. The van der Waals surface area contributed by atoms with Crippen LogP contribution in [0, 0.1) is 0 Å². The number of carbonyl (C=O) groups is 1. The molecule has 0 aromatic heterocycles. The summed E-state index contributed by atoms with van der Waals surface area (Å²) in [6.07, 6.45) is 0. The Hall–Kier alpha value is -0.630. The van der Waals surface area contributed by atoms with E-state index in [0.717, 1.165) is 4.31 Å². The van der Waals surface area contributed by atoms with Gasteiger partial charge in [-0.3, -0.25) is 4.79 Å². The molecule has 1 aromatic rings. The number of halogens is 2. The number of carboxylic acids is 1. The van der Waals surface area contributed by atoms with Crippen LogP contribution in [-0.2, 0) is 14.8 Å². The lowest BCUT2D eigenvalue weighted by molar-refractivity contribution is -0.137. The minimum absolute atomic E-state index is 0.0162. The number of nitrogens with zero attached hydrogens (tertiary/aromatic N) is 1. The van der Waals surface area contributed by atoms with Crippen molar-refractivity contribution in [2.24, 2.45) is 0 Å². The fourth-order valence-electron chi connectivity index (χ4n) is 1.09. The predicted octanol–water partition coefficient (Wildman–Crippen LogP) is 1.81. The van der Waals surface area contributed by atoms with Crippen LogP contribution in [-0.4, -0.2) is 37.4 Å². The Bertz CT molecular complexity index is 546. The summed E-state index contributed by atoms with van der Waals surface area (Å²) < 4.78 is 25.0. The molecule has 0 amide bonds. The zero-order chi connectivity index (χ0) is 13.2. The molecule has 0 aliphatic carbocycles. The van der Waals surface area contributed by atoms with Gasteiger partial charge in [0.05, 0.1) is 9.92 Å². The third-order valence-corrected chi connectivity index (χ3v) is 4.97. The normalized spacial score (nSPS) is 11.8. The zero-order valence-electron chi connectivity index (χ0n) is 8.72. The number of aliphatic carboxylic acids is 1. The van der Waals surface area contributed by atoms with E-state index in [1.807, 2.05) is 0 Å². The maximum atomic E-state index is 11.9. The standard InChI is InChI=1S/C9H9BrClNO4S/c1-12(5-9(13)14)17(15,16)6-2-3-8(11)7(10)4-6/h2-4H,5H2,1H3,(H,13,14). The fraction of sp³-hybridized carbons (Fsp3) is 0.222. The molecule has 0 saturated carbocycles. The summed E-state index contributed by atoms with van der Waals surface area (Å²) in [7, 11) is -2.61. The molecule has 17 heavy (non-hydrogen) atoms. The van der Waals surface area contributed by atoms with Gasteiger partial charge in [0.2, 0.25) is 10.0 Å². The van der Waals surface area contributed by atoms with Crippen LogP contribution in [0.15, 0.2) is 27.6 Å². The lowest BCUT2D eigenvalue weighted by Gasteiger charge is -2.15. The topological polar surface area (TPSA) is 74.7 Å². The number of benzene rings is 1. The average molecular weight is 343 g/mol. The Balaban J connectivity index is 3.13. The molecule has 1 N–H and O–H groups in total. The van der Waals surface area contributed by atoms with Crippen LogP contribution in [0.3, 0.4) is 0 Å². The molecule has 0 unspecified atom stereocenters. The van der Waals surface area contributed by atoms with Gasteiger partial charge in [0, 0.05) is 11.5 Å². The van der Waals surface area contributed by atoms with Crippen LogP contribution in [0.25, 0.3) is 0 Å². The quantitative estimate of drug-likeness (QED) is 0.905. The third-order valence-electron chi connectivity index (χ3n) is 1.96. The van der Waals surface area contributed by atoms with Crippen molar-refractivity contribution in [1.29, 1.82) is 0 Å². The Labute approximate surface area is 112 Å². The van der Waals surface area contributed by atoms with E-state index < -0.39 is 22.5 Å². The fourth-order valence-corrected chi connectivity index (χ4v) is 2.89. The highest BCUT2D eigenvalue weighted by Crippen LogP contribution is 2.26. The van der Waals surface area contributed by atoms with Gasteiger partial charge in [-0.1, -0.05) is 11.6 Å². The largest absolute Gasteiger partial charge is 0.480 e. The van der Waals surface area contributed by atoms with Gasteiger partial charge in [0.25, 0.3) is 0 Å². The first-order valence-electron chi connectivity index (χ1n) is 4.38. The molecule has 0 aliphatic rings. The first-order chi connectivity index (χ1) is 7.75. The van der Waals surface area contributed by atoms with Gasteiger partial charge >= 0.3 is 5.97 Å². The van der Waals surface area contributed by atoms with E-state index in [0.29, 0.717) is 9.50 Å². The van der Waals surface area contributed by atoms with Crippen molar-refractivity contribution < 1.29 is 18.3 Å². The van der Waals surface area contributed by atoms with Crippen molar-refractivity contribution in [3.05, 3.63) is 27.7 Å². The average Bonchev–Trinajstić information content (AvgIpc) is 2.20. The molecule has 0 spiro atoms. The highest BCUT2D eigenvalue weighted by Gasteiger charge is 2.23. The van der Waals surface area contributed by atoms with Crippen LogP contribution < -0.4 is 0 Å². The molecule has 0 atom stereocenters. The van der Waals surface area contributed by atoms with Crippen molar-refractivity contribution in [3.63, 3.8) is 0 Å². The number of rotatable bonds is 4. The van der Waals surface area contributed by atoms with Gasteiger partial charge in [0.15, 0.2) is 0 Å². The van der Waals surface area contributed by atoms with Gasteiger partial charge in [-0.2, -0.15) is 4.31 Å². The second kappa shape index (κ2) is 5.34. The van der Waals surface area contributed by atoms with E-state index in [2.05, 4.69) is 15.9 Å². The third kappa shape index (κ3) is 3.41. The zero-order valence-corrected chi connectivity index (χ0v) is 11.9. The van der Waals surface area contributed by atoms with Crippen molar-refractivity contribution in [1.82, 2.24) is 4.31 Å². The van der Waals surface area contributed by atoms with E-state index in [9.17, 15) is 13.2 Å². The minimum atomic E-state index is -3.81. The van der Waals surface area contributed by atoms with Crippen molar-refractivity contribution in [3.8, 4) is 0 Å². The summed E-state index contributed by atoms with van der Waals surface area (Å²) in [5.74, 6) is -1.22. The number of carboxylic acid groups (broad SMARTS) is 1. The molecule has 0 fully saturated rings. The smallest absolute Gasteiger partial charge is 0.318 e. The van der Waals surface area contributed by atoms with Gasteiger partial charge < -0.3 is 5.11 Å². The highest BCUT2D eigenvalue weighted by atomic mass is 79.9.